The largest absolute Gasteiger partial charge is 0.455 e. The molecule has 0 bridgehead atoms. The van der Waals surface area contributed by atoms with Crippen molar-refractivity contribution < 1.29 is 17.6 Å². The first kappa shape index (κ1) is 16.0. The number of carbonyl (C=O) groups is 1. The lowest BCUT2D eigenvalue weighted by molar-refractivity contribution is 0.0748. The number of hydrogen-bond donors (Lipinski definition) is 0. The van der Waals surface area contributed by atoms with Gasteiger partial charge in [-0.15, -0.1) is 0 Å². The summed E-state index contributed by atoms with van der Waals surface area (Å²) in [4.78, 5) is 16.3. The van der Waals surface area contributed by atoms with Crippen molar-refractivity contribution in [2.24, 2.45) is 5.92 Å². The van der Waals surface area contributed by atoms with Crippen LogP contribution < -0.4 is 0 Å². The highest BCUT2D eigenvalue weighted by Gasteiger charge is 2.34. The second-order valence-electron chi connectivity index (χ2n) is 6.05. The fourth-order valence-electron chi connectivity index (χ4n) is 2.77. The van der Waals surface area contributed by atoms with Crippen LogP contribution in [-0.4, -0.2) is 63.6 Å². The Balaban J connectivity index is 2.08. The topological polar surface area (TPSA) is 70.8 Å². The maximum Gasteiger partial charge on any atom is 0.289 e. The lowest BCUT2D eigenvalue weighted by atomic mass is 10.1. The maximum absolute atomic E-state index is 12.4. The van der Waals surface area contributed by atoms with E-state index in [9.17, 15) is 13.2 Å². The third-order valence-electron chi connectivity index (χ3n) is 3.80. The van der Waals surface area contributed by atoms with Gasteiger partial charge in [0.05, 0.1) is 0 Å². The van der Waals surface area contributed by atoms with E-state index >= 15 is 0 Å². The van der Waals surface area contributed by atoms with Crippen molar-refractivity contribution in [3.63, 3.8) is 0 Å². The minimum absolute atomic E-state index is 0.175. The molecule has 1 saturated heterocycles. The smallest absolute Gasteiger partial charge is 0.289 e. The quantitative estimate of drug-likeness (QED) is 0.824. The molecule has 1 aliphatic rings. The van der Waals surface area contributed by atoms with Crippen LogP contribution in [0.1, 0.15) is 23.2 Å². The average Bonchev–Trinajstić information content (AvgIpc) is 2.93. The number of nitrogens with zero attached hydrogens (tertiary/aromatic N) is 2. The number of hydrogen-bond acceptors (Lipinski definition) is 5. The van der Waals surface area contributed by atoms with Gasteiger partial charge in [0.2, 0.25) is 0 Å². The van der Waals surface area contributed by atoms with E-state index in [1.165, 1.54) is 0 Å². The predicted octanol–water partition coefficient (Wildman–Crippen LogP) is 0.846. The Kier molecular flexibility index (Phi) is 4.43. The Hall–Kier alpha value is -1.34. The summed E-state index contributed by atoms with van der Waals surface area (Å²) in [5.41, 5.74) is 0. The fourth-order valence-corrected chi connectivity index (χ4v) is 3.44. The molecule has 0 N–H and O–H groups in total. The molecule has 0 spiro atoms. The van der Waals surface area contributed by atoms with Crippen LogP contribution in [0.5, 0.6) is 0 Å². The van der Waals surface area contributed by atoms with Crippen molar-refractivity contribution in [3.8, 4) is 0 Å². The van der Waals surface area contributed by atoms with Gasteiger partial charge in [0.1, 0.15) is 11.5 Å². The van der Waals surface area contributed by atoms with E-state index in [1.807, 2.05) is 14.1 Å². The first-order chi connectivity index (χ1) is 9.67. The number of likely N-dealkylation sites (N-methyl/N-ethyl adjacent to an activating group) is 1. The molecule has 0 aromatic carbocycles. The van der Waals surface area contributed by atoms with Gasteiger partial charge in [0, 0.05) is 25.4 Å². The van der Waals surface area contributed by atoms with Crippen LogP contribution in [0.25, 0.3) is 0 Å². The van der Waals surface area contributed by atoms with E-state index in [0.717, 1.165) is 6.26 Å². The molecular weight excluding hydrogens is 292 g/mol. The van der Waals surface area contributed by atoms with E-state index < -0.39 is 9.84 Å². The van der Waals surface area contributed by atoms with Crippen LogP contribution in [-0.2, 0) is 15.6 Å². The molecule has 0 radical (unpaired) electrons. The molecule has 21 heavy (non-hydrogen) atoms. The minimum atomic E-state index is -3.16. The Bertz CT molecular complexity index is 621. The van der Waals surface area contributed by atoms with Gasteiger partial charge >= 0.3 is 0 Å². The van der Waals surface area contributed by atoms with Gasteiger partial charge in [-0.05, 0) is 32.1 Å². The normalized spacial score (nSPS) is 23.0. The highest BCUT2D eigenvalue weighted by atomic mass is 32.2. The lowest BCUT2D eigenvalue weighted by Gasteiger charge is -2.22. The number of amides is 1. The number of rotatable bonds is 4. The van der Waals surface area contributed by atoms with Gasteiger partial charge in [-0.3, -0.25) is 4.79 Å². The third kappa shape index (κ3) is 3.85. The molecular formula is C14H22N2O4S. The van der Waals surface area contributed by atoms with Crippen LogP contribution in [0.2, 0.25) is 0 Å². The van der Waals surface area contributed by atoms with Gasteiger partial charge in [-0.2, -0.15) is 0 Å². The van der Waals surface area contributed by atoms with E-state index in [2.05, 4.69) is 11.8 Å². The van der Waals surface area contributed by atoms with Gasteiger partial charge in [-0.1, -0.05) is 6.92 Å². The number of furan rings is 1. The third-order valence-corrected chi connectivity index (χ3v) is 4.61. The van der Waals surface area contributed by atoms with Crippen molar-refractivity contribution in [2.45, 2.75) is 18.7 Å². The second-order valence-corrected chi connectivity index (χ2v) is 8.19. The van der Waals surface area contributed by atoms with Crippen LogP contribution in [0.4, 0.5) is 0 Å². The summed E-state index contributed by atoms with van der Waals surface area (Å²) in [6.45, 7) is 3.47. The van der Waals surface area contributed by atoms with Crippen LogP contribution >= 0.6 is 0 Å². The molecule has 1 aromatic rings. The molecule has 7 heteroatoms. The fraction of sp³-hybridized carbons (Fsp3) is 0.643. The van der Waals surface area contributed by atoms with Crippen LogP contribution in [0.3, 0.4) is 0 Å². The summed E-state index contributed by atoms with van der Waals surface area (Å²) in [7, 11) is 0.850. The molecule has 1 fully saturated rings. The summed E-state index contributed by atoms with van der Waals surface area (Å²) >= 11 is 0. The molecule has 1 amide bonds. The monoisotopic (exact) mass is 314 g/mol. The first-order valence-electron chi connectivity index (χ1n) is 6.89. The van der Waals surface area contributed by atoms with Crippen molar-refractivity contribution in [2.75, 3.05) is 33.4 Å². The first-order valence-corrected chi connectivity index (χ1v) is 8.95. The standard InChI is InChI=1S/C14H22N2O4S/c1-10-7-16(8-12(10)15(2)3)14(17)13-6-5-11(20-13)9-21(4,18)19/h5-6,10,12H,7-9H2,1-4H3/t10-,12-/m1/s1. The number of carbonyl (C=O) groups excluding carboxylic acids is 1. The van der Waals surface area contributed by atoms with Crippen LogP contribution in [0.15, 0.2) is 16.5 Å². The predicted molar refractivity (Wildman–Crippen MR) is 79.8 cm³/mol. The molecule has 2 rings (SSSR count). The number of likely N-dealkylation sites (tertiary alicyclic amines) is 1. The second kappa shape index (κ2) is 5.81. The van der Waals surface area contributed by atoms with Crippen molar-refractivity contribution in [1.29, 1.82) is 0 Å². The zero-order valence-corrected chi connectivity index (χ0v) is 13.7. The van der Waals surface area contributed by atoms with Gasteiger partial charge < -0.3 is 14.2 Å². The van der Waals surface area contributed by atoms with Gasteiger partial charge in [0.25, 0.3) is 5.91 Å². The molecule has 118 valence electrons. The summed E-state index contributed by atoms with van der Waals surface area (Å²) in [5.74, 6) is 0.551. The molecule has 1 aliphatic heterocycles. The van der Waals surface area contributed by atoms with E-state index in [0.29, 0.717) is 30.8 Å². The highest BCUT2D eigenvalue weighted by molar-refractivity contribution is 7.89. The summed E-state index contributed by atoms with van der Waals surface area (Å²) in [6, 6.07) is 3.44. The van der Waals surface area contributed by atoms with Crippen molar-refractivity contribution in [3.05, 3.63) is 23.7 Å². The van der Waals surface area contributed by atoms with E-state index in [1.54, 1.807) is 17.0 Å². The SMILES string of the molecule is C[C@@H]1CN(C(=O)c2ccc(CS(C)(=O)=O)o2)C[C@H]1N(C)C. The summed E-state index contributed by atoms with van der Waals surface area (Å²) in [5, 5.41) is 0. The maximum atomic E-state index is 12.4. The van der Waals surface area contributed by atoms with Crippen molar-refractivity contribution in [1.82, 2.24) is 9.80 Å². The Morgan fingerprint density at radius 3 is 2.57 bits per heavy atom. The Morgan fingerprint density at radius 1 is 1.38 bits per heavy atom. The minimum Gasteiger partial charge on any atom is -0.455 e. The lowest BCUT2D eigenvalue weighted by Crippen LogP contribution is -2.35. The molecule has 0 unspecified atom stereocenters. The summed E-state index contributed by atoms with van der Waals surface area (Å²) in [6.07, 6.45) is 1.14. The zero-order chi connectivity index (χ0) is 15.8. The van der Waals surface area contributed by atoms with Crippen molar-refractivity contribution >= 4 is 15.7 Å². The van der Waals surface area contributed by atoms with E-state index in [-0.39, 0.29) is 17.4 Å². The summed E-state index contributed by atoms with van der Waals surface area (Å²) < 4.78 is 27.9. The van der Waals surface area contributed by atoms with E-state index in [4.69, 9.17) is 4.42 Å². The highest BCUT2D eigenvalue weighted by Crippen LogP contribution is 2.22. The molecule has 2 heterocycles. The molecule has 0 aliphatic carbocycles. The zero-order valence-electron chi connectivity index (χ0n) is 12.9. The molecule has 0 saturated carbocycles. The molecule has 2 atom stereocenters. The van der Waals surface area contributed by atoms with Gasteiger partial charge in [0.15, 0.2) is 15.6 Å². The average molecular weight is 314 g/mol. The van der Waals surface area contributed by atoms with Gasteiger partial charge in [-0.25, -0.2) is 8.42 Å². The number of sulfone groups is 1. The molecule has 1 aromatic heterocycles. The Labute approximate surface area is 125 Å². The Morgan fingerprint density at radius 2 is 2.05 bits per heavy atom. The van der Waals surface area contributed by atoms with Crippen LogP contribution in [0, 0.1) is 5.92 Å². The molecule has 6 nitrogen and oxygen atoms in total.